The maximum absolute atomic E-state index is 13.5. The third-order valence-electron chi connectivity index (χ3n) is 2.53. The summed E-state index contributed by atoms with van der Waals surface area (Å²) in [6.45, 7) is 0. The largest absolute Gasteiger partial charge is 0.320 e. The van der Waals surface area contributed by atoms with Crippen molar-refractivity contribution in [3.05, 3.63) is 70.8 Å². The Morgan fingerprint density at radius 1 is 1.05 bits per heavy atom. The number of para-hydroxylation sites is 1. The molecular weight excluding hydrogens is 284 g/mol. The Morgan fingerprint density at radius 3 is 2.45 bits per heavy atom. The second-order valence-corrected chi connectivity index (χ2v) is 4.34. The average molecular weight is 294 g/mol. The van der Waals surface area contributed by atoms with Crippen LogP contribution in [0.2, 0.25) is 5.02 Å². The number of carbonyl (C=O) groups excluding carboxylic acids is 1. The van der Waals surface area contributed by atoms with E-state index in [1.165, 1.54) is 42.5 Å². The highest BCUT2D eigenvalue weighted by molar-refractivity contribution is 6.32. The van der Waals surface area contributed by atoms with Gasteiger partial charge in [0.15, 0.2) is 0 Å². The highest BCUT2D eigenvalue weighted by Crippen LogP contribution is 2.20. The summed E-state index contributed by atoms with van der Waals surface area (Å²) in [4.78, 5) is 11.6. The quantitative estimate of drug-likeness (QED) is 0.841. The van der Waals surface area contributed by atoms with Gasteiger partial charge in [0.1, 0.15) is 11.6 Å². The zero-order valence-corrected chi connectivity index (χ0v) is 11.0. The van der Waals surface area contributed by atoms with Crippen molar-refractivity contribution in [2.75, 3.05) is 5.32 Å². The second-order valence-electron chi connectivity index (χ2n) is 3.94. The molecule has 2 nitrogen and oxygen atoms in total. The number of hydrogen-bond donors (Lipinski definition) is 1. The maximum Gasteiger partial charge on any atom is 0.248 e. The van der Waals surface area contributed by atoms with Crippen molar-refractivity contribution in [3.8, 4) is 0 Å². The lowest BCUT2D eigenvalue weighted by Crippen LogP contribution is -2.09. The maximum atomic E-state index is 13.5. The predicted molar refractivity (Wildman–Crippen MR) is 75.5 cm³/mol. The first kappa shape index (κ1) is 14.2. The average Bonchev–Trinajstić information content (AvgIpc) is 2.41. The molecule has 0 saturated heterocycles. The van der Waals surface area contributed by atoms with Gasteiger partial charge >= 0.3 is 0 Å². The molecule has 1 N–H and O–H groups in total. The van der Waals surface area contributed by atoms with Crippen LogP contribution in [-0.2, 0) is 4.79 Å². The van der Waals surface area contributed by atoms with Crippen molar-refractivity contribution < 1.29 is 13.6 Å². The lowest BCUT2D eigenvalue weighted by Gasteiger charge is -2.03. The third-order valence-corrected chi connectivity index (χ3v) is 2.86. The minimum atomic E-state index is -0.575. The molecule has 0 radical (unpaired) electrons. The van der Waals surface area contributed by atoms with Gasteiger partial charge in [-0.1, -0.05) is 29.8 Å². The summed E-state index contributed by atoms with van der Waals surface area (Å²) in [6.07, 6.45) is 2.34. The summed E-state index contributed by atoms with van der Waals surface area (Å²) < 4.78 is 26.8. The van der Waals surface area contributed by atoms with Crippen molar-refractivity contribution in [3.63, 3.8) is 0 Å². The van der Waals surface area contributed by atoms with Crippen molar-refractivity contribution in [1.82, 2.24) is 0 Å². The van der Waals surface area contributed by atoms with Crippen LogP contribution < -0.4 is 5.32 Å². The van der Waals surface area contributed by atoms with Gasteiger partial charge in [-0.3, -0.25) is 4.79 Å². The Balaban J connectivity index is 2.12. The normalized spacial score (nSPS) is 10.8. The number of amides is 1. The molecule has 0 unspecified atom stereocenters. The third kappa shape index (κ3) is 3.42. The fourth-order valence-corrected chi connectivity index (χ4v) is 1.79. The fourth-order valence-electron chi connectivity index (χ4n) is 1.57. The van der Waals surface area contributed by atoms with Gasteiger partial charge in [-0.05, 0) is 30.3 Å². The Hall–Kier alpha value is -2.20. The number of hydrogen-bond acceptors (Lipinski definition) is 1. The molecule has 0 aliphatic heterocycles. The van der Waals surface area contributed by atoms with Crippen molar-refractivity contribution in [2.45, 2.75) is 0 Å². The van der Waals surface area contributed by atoms with E-state index in [1.54, 1.807) is 6.07 Å². The van der Waals surface area contributed by atoms with Gasteiger partial charge in [-0.15, -0.1) is 0 Å². The summed E-state index contributed by atoms with van der Waals surface area (Å²) in [6, 6.07) is 9.98. The van der Waals surface area contributed by atoms with E-state index < -0.39 is 17.5 Å². The molecule has 20 heavy (non-hydrogen) atoms. The number of halogens is 3. The van der Waals surface area contributed by atoms with Crippen LogP contribution in [0.25, 0.3) is 6.08 Å². The van der Waals surface area contributed by atoms with Crippen LogP contribution in [0.3, 0.4) is 0 Å². The highest BCUT2D eigenvalue weighted by atomic mass is 35.5. The monoisotopic (exact) mass is 293 g/mol. The molecule has 2 aromatic carbocycles. The number of rotatable bonds is 3. The van der Waals surface area contributed by atoms with Gasteiger partial charge in [-0.25, -0.2) is 8.78 Å². The Bertz CT molecular complexity index is 650. The predicted octanol–water partition coefficient (Wildman–Crippen LogP) is 4.27. The molecule has 0 fully saturated rings. The molecule has 0 aliphatic rings. The van der Waals surface area contributed by atoms with Crippen LogP contribution in [0, 0.1) is 11.6 Å². The van der Waals surface area contributed by atoms with E-state index in [0.29, 0.717) is 0 Å². The Labute approximate surface area is 119 Å². The molecule has 0 atom stereocenters. The summed E-state index contributed by atoms with van der Waals surface area (Å²) in [7, 11) is 0. The highest BCUT2D eigenvalue weighted by Gasteiger charge is 2.05. The Morgan fingerprint density at radius 2 is 1.75 bits per heavy atom. The molecule has 2 rings (SSSR count). The van der Waals surface area contributed by atoms with E-state index in [-0.39, 0.29) is 16.3 Å². The summed E-state index contributed by atoms with van der Waals surface area (Å²) in [5.41, 5.74) is 0.166. The fraction of sp³-hybridized carbons (Fsp3) is 0. The van der Waals surface area contributed by atoms with Gasteiger partial charge in [-0.2, -0.15) is 0 Å². The molecule has 0 aliphatic carbocycles. The standard InChI is InChI=1S/C15H10ClF2NO/c16-11-4-3-6-12(17)10(11)8-9-15(20)19-14-7-2-1-5-13(14)18/h1-9H,(H,19,20). The number of anilines is 1. The van der Waals surface area contributed by atoms with Crippen LogP contribution in [0.15, 0.2) is 48.5 Å². The van der Waals surface area contributed by atoms with Crippen LogP contribution >= 0.6 is 11.6 Å². The van der Waals surface area contributed by atoms with Gasteiger partial charge in [0.25, 0.3) is 0 Å². The van der Waals surface area contributed by atoms with Crippen LogP contribution in [0.4, 0.5) is 14.5 Å². The number of benzene rings is 2. The first-order chi connectivity index (χ1) is 9.58. The van der Waals surface area contributed by atoms with Crippen LogP contribution in [0.1, 0.15) is 5.56 Å². The topological polar surface area (TPSA) is 29.1 Å². The van der Waals surface area contributed by atoms with E-state index >= 15 is 0 Å². The molecule has 1 amide bonds. The van der Waals surface area contributed by atoms with Gasteiger partial charge in [0, 0.05) is 11.6 Å². The zero-order chi connectivity index (χ0) is 14.5. The number of nitrogens with one attached hydrogen (secondary N) is 1. The molecule has 5 heteroatoms. The van der Waals surface area contributed by atoms with Crippen molar-refractivity contribution in [1.29, 1.82) is 0 Å². The summed E-state index contributed by atoms with van der Waals surface area (Å²) in [5.74, 6) is -1.65. The molecule has 2 aromatic rings. The van der Waals surface area contributed by atoms with Crippen LogP contribution in [0.5, 0.6) is 0 Å². The van der Waals surface area contributed by atoms with Gasteiger partial charge < -0.3 is 5.32 Å². The minimum Gasteiger partial charge on any atom is -0.320 e. The van der Waals surface area contributed by atoms with E-state index in [1.807, 2.05) is 0 Å². The van der Waals surface area contributed by atoms with E-state index in [4.69, 9.17) is 11.6 Å². The lowest BCUT2D eigenvalue weighted by atomic mass is 10.2. The molecular formula is C15H10ClF2NO. The van der Waals surface area contributed by atoms with E-state index in [0.717, 1.165) is 6.08 Å². The first-order valence-corrected chi connectivity index (χ1v) is 6.13. The summed E-state index contributed by atoms with van der Waals surface area (Å²) in [5, 5.41) is 2.55. The van der Waals surface area contributed by atoms with Crippen molar-refractivity contribution >= 4 is 29.3 Å². The molecule has 0 aromatic heterocycles. The van der Waals surface area contributed by atoms with Crippen LogP contribution in [-0.4, -0.2) is 5.91 Å². The van der Waals surface area contributed by atoms with Crippen molar-refractivity contribution in [2.24, 2.45) is 0 Å². The van der Waals surface area contributed by atoms with Gasteiger partial charge in [0.05, 0.1) is 10.7 Å². The molecule has 0 spiro atoms. The molecule has 0 bridgehead atoms. The smallest absolute Gasteiger partial charge is 0.248 e. The summed E-state index contributed by atoms with van der Waals surface area (Å²) >= 11 is 5.82. The second kappa shape index (κ2) is 6.30. The lowest BCUT2D eigenvalue weighted by molar-refractivity contribution is -0.111. The molecule has 102 valence electrons. The first-order valence-electron chi connectivity index (χ1n) is 5.75. The van der Waals surface area contributed by atoms with Gasteiger partial charge in [0.2, 0.25) is 5.91 Å². The minimum absolute atomic E-state index is 0.0572. The SMILES string of the molecule is O=C(C=Cc1c(F)cccc1Cl)Nc1ccccc1F. The Kier molecular flexibility index (Phi) is 4.48. The van der Waals surface area contributed by atoms with E-state index in [2.05, 4.69) is 5.32 Å². The molecule has 0 heterocycles. The van der Waals surface area contributed by atoms with E-state index in [9.17, 15) is 13.6 Å². The zero-order valence-electron chi connectivity index (χ0n) is 10.2. The number of carbonyl (C=O) groups is 1. The molecule has 0 saturated carbocycles.